The molecule has 2 unspecified atom stereocenters. The molecular formula is C20H22N2O2. The zero-order valence-electron chi connectivity index (χ0n) is 13.8. The van der Waals surface area contributed by atoms with E-state index in [1.165, 1.54) is 0 Å². The lowest BCUT2D eigenvalue weighted by molar-refractivity contribution is -0.121. The van der Waals surface area contributed by atoms with Gasteiger partial charge in [0.05, 0.1) is 31.1 Å². The van der Waals surface area contributed by atoms with Gasteiger partial charge in [0.2, 0.25) is 5.91 Å². The number of carbonyl (C=O) groups is 1. The van der Waals surface area contributed by atoms with Crippen LogP contribution in [-0.4, -0.2) is 23.2 Å². The first-order valence-electron chi connectivity index (χ1n) is 8.05. The van der Waals surface area contributed by atoms with Crippen LogP contribution in [0.2, 0.25) is 0 Å². The van der Waals surface area contributed by atoms with Gasteiger partial charge in [-0.2, -0.15) is 5.26 Å². The second-order valence-electron chi connectivity index (χ2n) is 5.89. The molecule has 0 spiro atoms. The minimum Gasteiger partial charge on any atom is -0.391 e. The van der Waals surface area contributed by atoms with Crippen molar-refractivity contribution in [1.82, 2.24) is 5.32 Å². The zero-order chi connectivity index (χ0) is 17.4. The van der Waals surface area contributed by atoms with Gasteiger partial charge in [-0.25, -0.2) is 0 Å². The number of nitrogens with zero attached hydrogens (tertiary/aromatic N) is 1. The van der Waals surface area contributed by atoms with Gasteiger partial charge in [0.25, 0.3) is 0 Å². The minimum absolute atomic E-state index is 0.153. The molecule has 0 bridgehead atoms. The number of amides is 1. The van der Waals surface area contributed by atoms with Gasteiger partial charge in [-0.05, 0) is 23.6 Å². The van der Waals surface area contributed by atoms with E-state index in [0.29, 0.717) is 6.42 Å². The Morgan fingerprint density at radius 3 is 2.42 bits per heavy atom. The molecule has 4 heteroatoms. The van der Waals surface area contributed by atoms with E-state index in [1.807, 2.05) is 54.6 Å². The van der Waals surface area contributed by atoms with Crippen molar-refractivity contribution in [3.05, 3.63) is 71.3 Å². The van der Waals surface area contributed by atoms with Crippen LogP contribution in [0.25, 0.3) is 0 Å². The average molecular weight is 322 g/mol. The van der Waals surface area contributed by atoms with Crippen LogP contribution in [0.5, 0.6) is 0 Å². The average Bonchev–Trinajstić information content (AvgIpc) is 2.57. The van der Waals surface area contributed by atoms with Crippen molar-refractivity contribution in [2.75, 3.05) is 0 Å². The van der Waals surface area contributed by atoms with E-state index in [1.54, 1.807) is 6.92 Å². The number of aliphatic hydroxyl groups excluding tert-OH is 1. The molecule has 0 aliphatic rings. The first-order valence-corrected chi connectivity index (χ1v) is 8.05. The Hall–Kier alpha value is -2.64. The van der Waals surface area contributed by atoms with Crippen molar-refractivity contribution in [1.29, 1.82) is 5.26 Å². The smallest absolute Gasteiger partial charge is 0.224 e. The molecule has 0 aromatic heterocycles. The molecule has 1 amide bonds. The number of hydrogen-bond donors (Lipinski definition) is 2. The van der Waals surface area contributed by atoms with Gasteiger partial charge in [-0.3, -0.25) is 4.79 Å². The molecule has 124 valence electrons. The second kappa shape index (κ2) is 8.85. The third-order valence-electron chi connectivity index (χ3n) is 3.99. The lowest BCUT2D eigenvalue weighted by atomic mass is 10.0. The summed E-state index contributed by atoms with van der Waals surface area (Å²) in [6.07, 6.45) is 0.342. The SMILES string of the molecule is CC(NC(=O)Cc1ccccc1CC#N)C(O)Cc1ccccc1. The van der Waals surface area contributed by atoms with Crippen LogP contribution in [0.1, 0.15) is 23.6 Å². The Balaban J connectivity index is 1.91. The second-order valence-corrected chi connectivity index (χ2v) is 5.89. The summed E-state index contributed by atoms with van der Waals surface area (Å²) < 4.78 is 0. The van der Waals surface area contributed by atoms with Crippen LogP contribution in [0, 0.1) is 11.3 Å². The maximum absolute atomic E-state index is 12.2. The zero-order valence-corrected chi connectivity index (χ0v) is 13.8. The fourth-order valence-electron chi connectivity index (χ4n) is 2.59. The van der Waals surface area contributed by atoms with Crippen molar-refractivity contribution >= 4 is 5.91 Å². The number of hydrogen-bond acceptors (Lipinski definition) is 3. The van der Waals surface area contributed by atoms with Crippen molar-refractivity contribution in [3.63, 3.8) is 0 Å². The lowest BCUT2D eigenvalue weighted by Crippen LogP contribution is -2.42. The molecular weight excluding hydrogens is 300 g/mol. The Morgan fingerprint density at radius 1 is 1.12 bits per heavy atom. The van der Waals surface area contributed by atoms with Gasteiger partial charge in [0, 0.05) is 6.42 Å². The van der Waals surface area contributed by atoms with Crippen molar-refractivity contribution < 1.29 is 9.90 Å². The summed E-state index contributed by atoms with van der Waals surface area (Å²) in [5, 5.41) is 22.0. The van der Waals surface area contributed by atoms with E-state index in [9.17, 15) is 9.90 Å². The number of rotatable bonds is 7. The van der Waals surface area contributed by atoms with Gasteiger partial charge < -0.3 is 10.4 Å². The standard InChI is InChI=1S/C20H22N2O2/c1-15(19(23)13-16-7-3-2-4-8-16)22-20(24)14-18-10-6-5-9-17(18)11-12-21/h2-10,15,19,23H,11,13-14H2,1H3,(H,22,24). The van der Waals surface area contributed by atoms with E-state index >= 15 is 0 Å². The van der Waals surface area contributed by atoms with E-state index in [4.69, 9.17) is 5.26 Å². The molecule has 0 radical (unpaired) electrons. The van der Waals surface area contributed by atoms with Crippen molar-refractivity contribution in [2.24, 2.45) is 0 Å². The highest BCUT2D eigenvalue weighted by molar-refractivity contribution is 5.79. The minimum atomic E-state index is -0.647. The Bertz CT molecular complexity index is 707. The fraction of sp³-hybridized carbons (Fsp3) is 0.300. The molecule has 2 aromatic carbocycles. The Labute approximate surface area is 142 Å². The summed E-state index contributed by atoms with van der Waals surface area (Å²) in [5.74, 6) is -0.153. The monoisotopic (exact) mass is 322 g/mol. The third-order valence-corrected chi connectivity index (χ3v) is 3.99. The molecule has 0 heterocycles. The number of aliphatic hydroxyl groups is 1. The van der Waals surface area contributed by atoms with Crippen LogP contribution < -0.4 is 5.32 Å². The molecule has 0 aliphatic carbocycles. The summed E-state index contributed by atoms with van der Waals surface area (Å²) in [5.41, 5.74) is 2.75. The summed E-state index contributed by atoms with van der Waals surface area (Å²) >= 11 is 0. The van der Waals surface area contributed by atoms with Crippen LogP contribution in [0.15, 0.2) is 54.6 Å². The molecule has 2 aromatic rings. The lowest BCUT2D eigenvalue weighted by Gasteiger charge is -2.20. The molecule has 24 heavy (non-hydrogen) atoms. The highest BCUT2D eigenvalue weighted by Crippen LogP contribution is 2.11. The molecule has 0 saturated carbocycles. The normalized spacial score (nSPS) is 12.9. The quantitative estimate of drug-likeness (QED) is 0.822. The van der Waals surface area contributed by atoms with Crippen LogP contribution in [0.3, 0.4) is 0 Å². The molecule has 2 N–H and O–H groups in total. The summed E-state index contributed by atoms with van der Waals surface area (Å²) in [6, 6.07) is 18.9. The summed E-state index contributed by atoms with van der Waals surface area (Å²) in [7, 11) is 0. The van der Waals surface area contributed by atoms with E-state index in [-0.39, 0.29) is 24.8 Å². The highest BCUT2D eigenvalue weighted by Gasteiger charge is 2.17. The van der Waals surface area contributed by atoms with Crippen LogP contribution in [0.4, 0.5) is 0 Å². The Kier molecular flexibility index (Phi) is 6.53. The molecule has 4 nitrogen and oxygen atoms in total. The first kappa shape index (κ1) is 17.7. The van der Waals surface area contributed by atoms with Gasteiger partial charge >= 0.3 is 0 Å². The third kappa shape index (κ3) is 5.22. The summed E-state index contributed by atoms with van der Waals surface area (Å²) in [6.45, 7) is 1.80. The van der Waals surface area contributed by atoms with Gasteiger partial charge in [-0.15, -0.1) is 0 Å². The molecule has 0 aliphatic heterocycles. The van der Waals surface area contributed by atoms with Gasteiger partial charge in [-0.1, -0.05) is 54.6 Å². The van der Waals surface area contributed by atoms with Gasteiger partial charge in [0.1, 0.15) is 0 Å². The van der Waals surface area contributed by atoms with Crippen LogP contribution in [-0.2, 0) is 24.1 Å². The topological polar surface area (TPSA) is 73.1 Å². The predicted octanol–water partition coefficient (Wildman–Crippen LogP) is 2.40. The molecule has 0 saturated heterocycles. The van der Waals surface area contributed by atoms with Crippen molar-refractivity contribution in [3.8, 4) is 6.07 Å². The van der Waals surface area contributed by atoms with E-state index in [0.717, 1.165) is 16.7 Å². The predicted molar refractivity (Wildman–Crippen MR) is 93.2 cm³/mol. The van der Waals surface area contributed by atoms with E-state index < -0.39 is 6.10 Å². The largest absolute Gasteiger partial charge is 0.391 e. The Morgan fingerprint density at radius 2 is 1.75 bits per heavy atom. The molecule has 2 rings (SSSR count). The van der Waals surface area contributed by atoms with Crippen molar-refractivity contribution in [2.45, 2.75) is 38.3 Å². The number of carbonyl (C=O) groups excluding carboxylic acids is 1. The first-order chi connectivity index (χ1) is 11.6. The summed E-state index contributed by atoms with van der Waals surface area (Å²) in [4.78, 5) is 12.2. The maximum Gasteiger partial charge on any atom is 0.224 e. The maximum atomic E-state index is 12.2. The number of nitriles is 1. The molecule has 2 atom stereocenters. The van der Waals surface area contributed by atoms with Gasteiger partial charge in [0.15, 0.2) is 0 Å². The van der Waals surface area contributed by atoms with E-state index in [2.05, 4.69) is 11.4 Å². The number of benzene rings is 2. The fourth-order valence-corrected chi connectivity index (χ4v) is 2.59. The molecule has 0 fully saturated rings. The van der Waals surface area contributed by atoms with Crippen LogP contribution >= 0.6 is 0 Å². The highest BCUT2D eigenvalue weighted by atomic mass is 16.3. The number of nitrogens with one attached hydrogen (secondary N) is 1.